The first-order valence-electron chi connectivity index (χ1n) is 14.1. The molecular formula is C26H55N3O7. The van der Waals surface area contributed by atoms with E-state index in [1.165, 1.54) is 83.5 Å². The molecule has 4 N–H and O–H groups in total. The van der Waals surface area contributed by atoms with Crippen molar-refractivity contribution >= 4 is 5.91 Å². The van der Waals surface area contributed by atoms with Crippen molar-refractivity contribution in [2.24, 2.45) is 0 Å². The second-order valence-corrected chi connectivity index (χ2v) is 9.68. The van der Waals surface area contributed by atoms with Crippen LogP contribution in [0.15, 0.2) is 0 Å². The van der Waals surface area contributed by atoms with Gasteiger partial charge < -0.3 is 40.4 Å². The molecule has 0 unspecified atom stereocenters. The van der Waals surface area contributed by atoms with Crippen LogP contribution in [0.1, 0.15) is 110 Å². The van der Waals surface area contributed by atoms with E-state index in [0.717, 1.165) is 12.8 Å². The maximum atomic E-state index is 12.1. The van der Waals surface area contributed by atoms with E-state index in [4.69, 9.17) is 15.3 Å². The standard InChI is InChI=1S/C26H54N2O4.NO3/c1-2-3-4-5-6-7-8-9-10-11-12-13-14-15-16-17-26(32)27-18-19-28(20-23-29,21-24-30)22-25-31;2-1(3)4/h29-31H,2-25H2,1H3;/q;-1/p+1. The third kappa shape index (κ3) is 27.1. The van der Waals surface area contributed by atoms with E-state index in [1.54, 1.807) is 0 Å². The molecule has 0 spiro atoms. The van der Waals surface area contributed by atoms with Gasteiger partial charge in [0.25, 0.3) is 0 Å². The van der Waals surface area contributed by atoms with Crippen molar-refractivity contribution in [3.05, 3.63) is 15.3 Å². The fraction of sp³-hybridized carbons (Fsp3) is 0.962. The Hall–Kier alpha value is -1.49. The van der Waals surface area contributed by atoms with Gasteiger partial charge in [-0.15, -0.1) is 0 Å². The number of aliphatic hydroxyl groups is 3. The lowest BCUT2D eigenvalue weighted by molar-refractivity contribution is -0.927. The number of aliphatic hydroxyl groups excluding tert-OH is 3. The second kappa shape index (κ2) is 28.1. The van der Waals surface area contributed by atoms with E-state index in [2.05, 4.69) is 12.2 Å². The van der Waals surface area contributed by atoms with Crippen LogP contribution in [0.25, 0.3) is 0 Å². The van der Waals surface area contributed by atoms with Crippen LogP contribution < -0.4 is 5.32 Å². The Morgan fingerprint density at radius 1 is 0.667 bits per heavy atom. The fourth-order valence-corrected chi connectivity index (χ4v) is 4.48. The molecule has 0 aromatic heterocycles. The molecule has 0 aliphatic rings. The summed E-state index contributed by atoms with van der Waals surface area (Å²) in [6.45, 7) is 4.87. The van der Waals surface area contributed by atoms with E-state index in [1.807, 2.05) is 0 Å². The van der Waals surface area contributed by atoms with Crippen LogP contribution >= 0.6 is 0 Å². The van der Waals surface area contributed by atoms with E-state index in [0.29, 0.717) is 43.6 Å². The zero-order valence-electron chi connectivity index (χ0n) is 22.8. The van der Waals surface area contributed by atoms with Crippen LogP contribution in [0, 0.1) is 15.3 Å². The SMILES string of the molecule is CCCCCCCCCCCCCCCCCC(=O)NCC[N+](CCO)(CCO)CCO.O=[N+]([O-])[O-]. The average Bonchev–Trinajstić information content (AvgIpc) is 2.82. The summed E-state index contributed by atoms with van der Waals surface area (Å²) in [7, 11) is 0. The Labute approximate surface area is 218 Å². The fourth-order valence-electron chi connectivity index (χ4n) is 4.48. The van der Waals surface area contributed by atoms with Gasteiger partial charge in [-0.1, -0.05) is 96.8 Å². The van der Waals surface area contributed by atoms with Gasteiger partial charge in [0.1, 0.15) is 19.6 Å². The lowest BCUT2D eigenvalue weighted by Gasteiger charge is -2.37. The van der Waals surface area contributed by atoms with Gasteiger partial charge in [-0.3, -0.25) is 4.79 Å². The number of quaternary nitrogens is 1. The quantitative estimate of drug-likeness (QED) is 0.0614. The Bertz CT molecular complexity index is 475. The van der Waals surface area contributed by atoms with Crippen molar-refractivity contribution in [3.63, 3.8) is 0 Å². The first-order valence-corrected chi connectivity index (χ1v) is 14.1. The molecule has 0 aromatic carbocycles. The van der Waals surface area contributed by atoms with Crippen LogP contribution in [-0.2, 0) is 4.79 Å². The highest BCUT2D eigenvalue weighted by Crippen LogP contribution is 2.13. The molecule has 0 aliphatic carbocycles. The average molecular weight is 522 g/mol. The molecule has 216 valence electrons. The van der Waals surface area contributed by atoms with Gasteiger partial charge >= 0.3 is 0 Å². The number of nitrogens with zero attached hydrogens (tertiary/aromatic N) is 2. The minimum atomic E-state index is -1.75. The van der Waals surface area contributed by atoms with Crippen molar-refractivity contribution in [2.45, 2.75) is 110 Å². The third-order valence-electron chi connectivity index (χ3n) is 6.64. The van der Waals surface area contributed by atoms with Crippen molar-refractivity contribution in [3.8, 4) is 0 Å². The summed E-state index contributed by atoms with van der Waals surface area (Å²) < 4.78 is 0.433. The van der Waals surface area contributed by atoms with E-state index in [-0.39, 0.29) is 25.7 Å². The molecule has 0 atom stereocenters. The van der Waals surface area contributed by atoms with Crippen molar-refractivity contribution in [1.29, 1.82) is 0 Å². The number of unbranched alkanes of at least 4 members (excludes halogenated alkanes) is 14. The van der Waals surface area contributed by atoms with Crippen LogP contribution in [0.4, 0.5) is 0 Å². The van der Waals surface area contributed by atoms with E-state index >= 15 is 0 Å². The highest BCUT2D eigenvalue weighted by molar-refractivity contribution is 5.75. The monoisotopic (exact) mass is 521 g/mol. The van der Waals surface area contributed by atoms with Gasteiger partial charge in [0.15, 0.2) is 0 Å². The largest absolute Gasteiger partial charge is 0.391 e. The number of carbonyl (C=O) groups is 1. The summed E-state index contributed by atoms with van der Waals surface area (Å²) in [6.07, 6.45) is 20.4. The molecule has 0 fully saturated rings. The highest BCUT2D eigenvalue weighted by Gasteiger charge is 2.25. The molecule has 0 rings (SSSR count). The van der Waals surface area contributed by atoms with Crippen LogP contribution in [-0.4, -0.2) is 83.3 Å². The molecule has 10 nitrogen and oxygen atoms in total. The molecule has 0 aliphatic heterocycles. The zero-order valence-corrected chi connectivity index (χ0v) is 22.8. The zero-order chi connectivity index (χ0) is 27.3. The molecule has 36 heavy (non-hydrogen) atoms. The molecule has 0 bridgehead atoms. The first-order chi connectivity index (χ1) is 17.4. The predicted octanol–water partition coefficient (Wildman–Crippen LogP) is 3.92. The Morgan fingerprint density at radius 3 is 1.33 bits per heavy atom. The summed E-state index contributed by atoms with van der Waals surface area (Å²) in [4.78, 5) is 20.3. The van der Waals surface area contributed by atoms with Gasteiger partial charge in [0.05, 0.1) is 38.0 Å². The highest BCUT2D eigenvalue weighted by atomic mass is 16.9. The maximum absolute atomic E-state index is 12.1. The summed E-state index contributed by atoms with van der Waals surface area (Å²) in [5, 5.41) is 45.6. The molecular weight excluding hydrogens is 466 g/mol. The van der Waals surface area contributed by atoms with Gasteiger partial charge in [-0.2, -0.15) is 0 Å². The number of nitrogens with one attached hydrogen (secondary N) is 1. The van der Waals surface area contributed by atoms with Crippen LogP contribution in [0.2, 0.25) is 0 Å². The van der Waals surface area contributed by atoms with Crippen molar-refractivity contribution in [2.75, 3.05) is 52.5 Å². The van der Waals surface area contributed by atoms with Crippen LogP contribution in [0.5, 0.6) is 0 Å². The van der Waals surface area contributed by atoms with Gasteiger partial charge in [0.2, 0.25) is 5.91 Å². The van der Waals surface area contributed by atoms with Gasteiger partial charge in [0, 0.05) is 6.42 Å². The Kier molecular flexibility index (Phi) is 28.6. The molecule has 0 saturated carbocycles. The summed E-state index contributed by atoms with van der Waals surface area (Å²) in [6, 6.07) is 0. The van der Waals surface area contributed by atoms with E-state index in [9.17, 15) is 20.1 Å². The number of rotatable bonds is 25. The summed E-state index contributed by atoms with van der Waals surface area (Å²) in [5.74, 6) is 0.0785. The predicted molar refractivity (Wildman–Crippen MR) is 144 cm³/mol. The molecule has 1 amide bonds. The lowest BCUT2D eigenvalue weighted by Crippen LogP contribution is -2.56. The summed E-state index contributed by atoms with van der Waals surface area (Å²) >= 11 is 0. The molecule has 0 heterocycles. The third-order valence-corrected chi connectivity index (χ3v) is 6.64. The Balaban J connectivity index is 0. The Morgan fingerprint density at radius 2 is 1.00 bits per heavy atom. The van der Waals surface area contributed by atoms with Crippen molar-refractivity contribution < 1.29 is 29.7 Å². The van der Waals surface area contributed by atoms with E-state index < -0.39 is 5.09 Å². The number of amides is 1. The number of carbonyl (C=O) groups excluding carboxylic acids is 1. The van der Waals surface area contributed by atoms with Gasteiger partial charge in [-0.25, -0.2) is 0 Å². The minimum Gasteiger partial charge on any atom is -0.391 e. The number of hydrogen-bond acceptors (Lipinski definition) is 7. The molecule has 0 saturated heterocycles. The van der Waals surface area contributed by atoms with Crippen LogP contribution in [0.3, 0.4) is 0 Å². The number of hydrogen-bond donors (Lipinski definition) is 4. The molecule has 0 aromatic rings. The molecule has 10 heteroatoms. The lowest BCUT2D eigenvalue weighted by atomic mass is 10.0. The van der Waals surface area contributed by atoms with Crippen molar-refractivity contribution in [1.82, 2.24) is 5.32 Å². The minimum absolute atomic E-state index is 0.00702. The summed E-state index contributed by atoms with van der Waals surface area (Å²) in [5.41, 5.74) is 0. The van der Waals surface area contributed by atoms with Gasteiger partial charge in [-0.05, 0) is 6.42 Å². The maximum Gasteiger partial charge on any atom is 0.220 e. The topological polar surface area (TPSA) is 156 Å². The molecule has 0 radical (unpaired) electrons. The normalized spacial score (nSPS) is 11.1. The smallest absolute Gasteiger partial charge is 0.220 e. The second-order valence-electron chi connectivity index (χ2n) is 9.68. The first kappa shape index (κ1) is 36.7.